The van der Waals surface area contributed by atoms with Crippen molar-refractivity contribution in [3.05, 3.63) is 47.5 Å². The average Bonchev–Trinajstić information content (AvgIpc) is 2.96. The van der Waals surface area contributed by atoms with E-state index >= 15 is 0 Å². The van der Waals surface area contributed by atoms with Gasteiger partial charge in [-0.2, -0.15) is 10.4 Å². The van der Waals surface area contributed by atoms with Crippen LogP contribution < -0.4 is 5.32 Å². The number of halogens is 1. The molecular weight excluding hydrogens is 417 g/mol. The van der Waals surface area contributed by atoms with Gasteiger partial charge >= 0.3 is 0 Å². The molecule has 1 aromatic heterocycles. The van der Waals surface area contributed by atoms with Crippen LogP contribution >= 0.6 is 24.0 Å². The van der Waals surface area contributed by atoms with Gasteiger partial charge in [0.25, 0.3) is 0 Å². The molecule has 0 unspecified atom stereocenters. The van der Waals surface area contributed by atoms with Crippen LogP contribution in [0.5, 0.6) is 0 Å². The van der Waals surface area contributed by atoms with Gasteiger partial charge in [-0.25, -0.2) is 9.98 Å². The van der Waals surface area contributed by atoms with Crippen LogP contribution in [0.15, 0.2) is 35.6 Å². The molecule has 0 saturated heterocycles. The molecule has 0 radical (unpaired) electrons. The van der Waals surface area contributed by atoms with Crippen LogP contribution in [-0.2, 0) is 20.1 Å². The zero-order valence-corrected chi connectivity index (χ0v) is 16.4. The van der Waals surface area contributed by atoms with Crippen LogP contribution in [0.3, 0.4) is 0 Å². The van der Waals surface area contributed by atoms with Gasteiger partial charge in [-0.05, 0) is 24.6 Å². The molecule has 0 spiro atoms. The van der Waals surface area contributed by atoms with E-state index in [-0.39, 0.29) is 24.0 Å². The number of hydrogen-bond acceptors (Lipinski definition) is 4. The summed E-state index contributed by atoms with van der Waals surface area (Å²) in [6.07, 6.45) is 1.55. The molecule has 1 aromatic carbocycles. The largest absolute Gasteiger partial charge is 0.357 e. The predicted octanol–water partition coefficient (Wildman–Crippen LogP) is 1.90. The highest BCUT2D eigenvalue weighted by Gasteiger charge is 2.09. The van der Waals surface area contributed by atoms with Gasteiger partial charge in [-0.1, -0.05) is 12.1 Å². The first kappa shape index (κ1) is 19.9. The number of nitriles is 1. The second-order valence-electron chi connectivity index (χ2n) is 5.13. The maximum absolute atomic E-state index is 8.83. The fourth-order valence-corrected chi connectivity index (χ4v) is 2.07. The van der Waals surface area contributed by atoms with Crippen molar-refractivity contribution >= 4 is 29.9 Å². The predicted molar refractivity (Wildman–Crippen MR) is 104 cm³/mol. The van der Waals surface area contributed by atoms with E-state index in [2.05, 4.69) is 26.5 Å². The molecule has 2 aromatic rings. The lowest BCUT2D eigenvalue weighted by molar-refractivity contribution is 0.448. The zero-order valence-electron chi connectivity index (χ0n) is 14.1. The van der Waals surface area contributed by atoms with Gasteiger partial charge in [0.05, 0.1) is 24.7 Å². The number of hydrogen-bond donors (Lipinski definition) is 1. The lowest BCUT2D eigenvalue weighted by Crippen LogP contribution is -2.39. The number of nitrogens with zero attached hydrogens (tertiary/aromatic N) is 6. The van der Waals surface area contributed by atoms with Crippen molar-refractivity contribution in [2.75, 3.05) is 13.6 Å². The molecule has 24 heavy (non-hydrogen) atoms. The van der Waals surface area contributed by atoms with Crippen LogP contribution in [0, 0.1) is 11.3 Å². The minimum absolute atomic E-state index is 0. The number of rotatable bonds is 5. The molecule has 1 heterocycles. The molecule has 0 fully saturated rings. The lowest BCUT2D eigenvalue weighted by atomic mass is 10.1. The van der Waals surface area contributed by atoms with E-state index in [1.165, 1.54) is 0 Å². The summed E-state index contributed by atoms with van der Waals surface area (Å²) >= 11 is 0. The first-order valence-corrected chi connectivity index (χ1v) is 7.45. The second kappa shape index (κ2) is 9.87. The van der Waals surface area contributed by atoms with Crippen LogP contribution in [0.4, 0.5) is 0 Å². The summed E-state index contributed by atoms with van der Waals surface area (Å²) in [4.78, 5) is 10.9. The lowest BCUT2D eigenvalue weighted by Gasteiger charge is -2.21. The van der Waals surface area contributed by atoms with E-state index < -0.39 is 0 Å². The molecule has 0 amide bonds. The van der Waals surface area contributed by atoms with Crippen molar-refractivity contribution in [1.29, 1.82) is 5.26 Å². The quantitative estimate of drug-likeness (QED) is 0.437. The van der Waals surface area contributed by atoms with Crippen LogP contribution in [0.1, 0.15) is 23.9 Å². The Morgan fingerprint density at radius 2 is 2.08 bits per heavy atom. The normalized spacial score (nSPS) is 10.7. The summed E-state index contributed by atoms with van der Waals surface area (Å²) in [5.41, 5.74) is 1.72. The maximum atomic E-state index is 8.83. The number of aliphatic imine (C=N–C) groups is 1. The standard InChI is InChI=1S/C16H21N7.HI/c1-4-18-16(22(2)11-15-20-12-21-23(15)3)19-10-14-7-5-13(9-17)6-8-14;/h5-8,12H,4,10-11H2,1-3H3,(H,18,19);1H. The van der Waals surface area contributed by atoms with E-state index in [9.17, 15) is 0 Å². The Hall–Kier alpha value is -2.15. The monoisotopic (exact) mass is 439 g/mol. The molecule has 128 valence electrons. The molecule has 0 bridgehead atoms. The van der Waals surface area contributed by atoms with Crippen molar-refractivity contribution < 1.29 is 0 Å². The number of aryl methyl sites for hydroxylation is 1. The van der Waals surface area contributed by atoms with Gasteiger partial charge in [-0.15, -0.1) is 24.0 Å². The van der Waals surface area contributed by atoms with E-state index in [1.807, 2.05) is 38.1 Å². The molecule has 0 aliphatic carbocycles. The Bertz CT molecular complexity index is 700. The molecule has 0 aliphatic heterocycles. The van der Waals surface area contributed by atoms with Crippen molar-refractivity contribution in [1.82, 2.24) is 25.0 Å². The minimum atomic E-state index is 0. The van der Waals surface area contributed by atoms with Gasteiger partial charge in [-0.3, -0.25) is 4.68 Å². The maximum Gasteiger partial charge on any atom is 0.194 e. The molecule has 7 nitrogen and oxygen atoms in total. The number of guanidine groups is 1. The summed E-state index contributed by atoms with van der Waals surface area (Å²) < 4.78 is 1.75. The van der Waals surface area contributed by atoms with E-state index in [4.69, 9.17) is 5.26 Å². The second-order valence-corrected chi connectivity index (χ2v) is 5.13. The van der Waals surface area contributed by atoms with Crippen molar-refractivity contribution in [2.45, 2.75) is 20.0 Å². The molecule has 0 saturated carbocycles. The third-order valence-corrected chi connectivity index (χ3v) is 3.37. The molecule has 0 atom stereocenters. The van der Waals surface area contributed by atoms with E-state index in [0.29, 0.717) is 18.7 Å². The van der Waals surface area contributed by atoms with Crippen molar-refractivity contribution in [3.63, 3.8) is 0 Å². The van der Waals surface area contributed by atoms with Crippen LogP contribution in [0.2, 0.25) is 0 Å². The third kappa shape index (κ3) is 5.49. The molecular formula is C16H22IN7. The smallest absolute Gasteiger partial charge is 0.194 e. The average molecular weight is 439 g/mol. The summed E-state index contributed by atoms with van der Waals surface area (Å²) in [7, 11) is 3.84. The van der Waals surface area contributed by atoms with Crippen molar-refractivity contribution in [3.8, 4) is 6.07 Å². The third-order valence-electron chi connectivity index (χ3n) is 3.37. The van der Waals surface area contributed by atoms with Gasteiger partial charge in [0.1, 0.15) is 12.2 Å². The van der Waals surface area contributed by atoms with Crippen LogP contribution in [-0.4, -0.2) is 39.2 Å². The topological polar surface area (TPSA) is 82.1 Å². The summed E-state index contributed by atoms with van der Waals surface area (Å²) in [5, 5.41) is 16.2. The molecule has 2 rings (SSSR count). The minimum Gasteiger partial charge on any atom is -0.357 e. The van der Waals surface area contributed by atoms with Gasteiger partial charge < -0.3 is 10.2 Å². The Kier molecular flexibility index (Phi) is 8.18. The van der Waals surface area contributed by atoms with Crippen molar-refractivity contribution in [2.24, 2.45) is 12.0 Å². The Morgan fingerprint density at radius 1 is 1.38 bits per heavy atom. The highest BCUT2D eigenvalue weighted by atomic mass is 127. The van der Waals surface area contributed by atoms with Crippen LogP contribution in [0.25, 0.3) is 0 Å². The Labute approximate surface area is 159 Å². The van der Waals surface area contributed by atoms with Gasteiger partial charge in [0.2, 0.25) is 0 Å². The number of nitrogens with one attached hydrogen (secondary N) is 1. The SMILES string of the molecule is CCNC(=NCc1ccc(C#N)cc1)N(C)Cc1ncnn1C.I. The summed E-state index contributed by atoms with van der Waals surface area (Å²) in [5.74, 6) is 1.68. The van der Waals surface area contributed by atoms with E-state index in [1.54, 1.807) is 23.1 Å². The number of benzene rings is 1. The fraction of sp³-hybridized carbons (Fsp3) is 0.375. The summed E-state index contributed by atoms with van der Waals surface area (Å²) in [6.45, 7) is 4.00. The summed E-state index contributed by atoms with van der Waals surface area (Å²) in [6, 6.07) is 9.58. The highest BCUT2D eigenvalue weighted by molar-refractivity contribution is 14.0. The molecule has 8 heteroatoms. The highest BCUT2D eigenvalue weighted by Crippen LogP contribution is 2.06. The Balaban J connectivity index is 0.00000288. The van der Waals surface area contributed by atoms with E-state index in [0.717, 1.165) is 23.9 Å². The van der Waals surface area contributed by atoms with Gasteiger partial charge in [0, 0.05) is 20.6 Å². The first-order valence-electron chi connectivity index (χ1n) is 7.45. The zero-order chi connectivity index (χ0) is 16.7. The number of aromatic nitrogens is 3. The first-order chi connectivity index (χ1) is 11.1. The van der Waals surface area contributed by atoms with Gasteiger partial charge in [0.15, 0.2) is 5.96 Å². The fourth-order valence-electron chi connectivity index (χ4n) is 2.07. The Morgan fingerprint density at radius 3 is 2.62 bits per heavy atom. The molecule has 1 N–H and O–H groups in total. The molecule has 0 aliphatic rings.